The fourth-order valence-electron chi connectivity index (χ4n) is 3.98. The van der Waals surface area contributed by atoms with E-state index < -0.39 is 17.9 Å². The number of hydrogen-bond donors (Lipinski definition) is 2. The number of carbonyl (C=O) groups excluding carboxylic acids is 3. The van der Waals surface area contributed by atoms with Gasteiger partial charge in [0.15, 0.2) is 5.76 Å². The van der Waals surface area contributed by atoms with Gasteiger partial charge in [0.2, 0.25) is 11.8 Å². The van der Waals surface area contributed by atoms with E-state index in [-0.39, 0.29) is 37.4 Å². The van der Waals surface area contributed by atoms with Crippen LogP contribution in [0.4, 0.5) is 0 Å². The van der Waals surface area contributed by atoms with Gasteiger partial charge in [-0.1, -0.05) is 43.0 Å². The number of carbonyl (C=O) groups is 3. The summed E-state index contributed by atoms with van der Waals surface area (Å²) in [7, 11) is 1.53. The fourth-order valence-corrected chi connectivity index (χ4v) is 4.11. The van der Waals surface area contributed by atoms with Crippen LogP contribution < -0.4 is 10.6 Å². The molecule has 1 saturated carbocycles. The van der Waals surface area contributed by atoms with Gasteiger partial charge in [0, 0.05) is 24.7 Å². The van der Waals surface area contributed by atoms with Crippen LogP contribution in [0, 0.1) is 0 Å². The highest BCUT2D eigenvalue weighted by molar-refractivity contribution is 6.30. The second-order valence-corrected chi connectivity index (χ2v) is 8.47. The topological polar surface area (TPSA) is 101 Å². The number of ether oxygens (including phenoxy) is 1. The highest BCUT2D eigenvalue weighted by Crippen LogP contribution is 2.25. The Morgan fingerprint density at radius 2 is 1.88 bits per heavy atom. The Morgan fingerprint density at radius 3 is 2.52 bits per heavy atom. The van der Waals surface area contributed by atoms with Gasteiger partial charge in [-0.3, -0.25) is 14.4 Å². The molecule has 1 aromatic heterocycles. The van der Waals surface area contributed by atoms with Crippen molar-refractivity contribution >= 4 is 29.3 Å². The molecule has 2 N–H and O–H groups in total. The molecule has 1 heterocycles. The Balaban J connectivity index is 1.81. The van der Waals surface area contributed by atoms with Crippen LogP contribution in [0.5, 0.6) is 0 Å². The molecule has 2 aromatic rings. The number of methoxy groups -OCH3 is 1. The summed E-state index contributed by atoms with van der Waals surface area (Å²) in [6, 6.07) is 9.16. The Labute approximate surface area is 198 Å². The van der Waals surface area contributed by atoms with Gasteiger partial charge in [0.05, 0.1) is 19.4 Å². The van der Waals surface area contributed by atoms with Crippen molar-refractivity contribution in [3.05, 3.63) is 59.0 Å². The van der Waals surface area contributed by atoms with E-state index in [1.807, 2.05) is 0 Å². The molecule has 8 nitrogen and oxygen atoms in total. The largest absolute Gasteiger partial charge is 0.459 e. The minimum Gasteiger partial charge on any atom is -0.459 e. The molecule has 0 spiro atoms. The van der Waals surface area contributed by atoms with Crippen LogP contribution in [0.2, 0.25) is 5.02 Å². The van der Waals surface area contributed by atoms with Gasteiger partial charge in [-0.15, -0.1) is 0 Å². The molecule has 9 heteroatoms. The van der Waals surface area contributed by atoms with Gasteiger partial charge in [0.1, 0.15) is 6.04 Å². The molecule has 3 amide bonds. The molecule has 1 aromatic carbocycles. The zero-order valence-electron chi connectivity index (χ0n) is 18.7. The summed E-state index contributed by atoms with van der Waals surface area (Å²) < 4.78 is 10.3. The van der Waals surface area contributed by atoms with E-state index in [0.717, 1.165) is 25.7 Å². The molecule has 1 fully saturated rings. The van der Waals surface area contributed by atoms with Gasteiger partial charge >= 0.3 is 0 Å². The quantitative estimate of drug-likeness (QED) is 0.549. The third-order valence-electron chi connectivity index (χ3n) is 5.70. The van der Waals surface area contributed by atoms with Crippen molar-refractivity contribution in [3.8, 4) is 0 Å². The average Bonchev–Trinajstić information content (AvgIpc) is 3.36. The maximum atomic E-state index is 13.4. The van der Waals surface area contributed by atoms with E-state index in [9.17, 15) is 14.4 Å². The van der Waals surface area contributed by atoms with E-state index in [2.05, 4.69) is 10.6 Å². The Hall–Kier alpha value is -2.84. The first kappa shape index (κ1) is 24.8. The standard InChI is InChI=1S/C24H30ClN3O5/c1-32-15-13-28(21(29)16-26-23(30)20-8-5-14-33-20)22(17-9-11-18(25)12-10-17)24(31)27-19-6-3-2-4-7-19/h5,8-12,14,19,22H,2-4,6-7,13,15-16H2,1H3,(H,26,30)(H,27,31). The minimum absolute atomic E-state index is 0.0825. The number of amides is 3. The summed E-state index contributed by atoms with van der Waals surface area (Å²) in [6.45, 7) is 0.125. The van der Waals surface area contributed by atoms with Crippen LogP contribution in [-0.2, 0) is 14.3 Å². The number of rotatable bonds is 10. The summed E-state index contributed by atoms with van der Waals surface area (Å²) in [5.74, 6) is -1.07. The molecule has 1 aliphatic rings. The van der Waals surface area contributed by atoms with Crippen molar-refractivity contribution in [1.29, 1.82) is 0 Å². The van der Waals surface area contributed by atoms with Crippen LogP contribution in [0.25, 0.3) is 0 Å². The van der Waals surface area contributed by atoms with Gasteiger partial charge in [-0.25, -0.2) is 0 Å². The predicted molar refractivity (Wildman–Crippen MR) is 124 cm³/mol. The van der Waals surface area contributed by atoms with Gasteiger partial charge in [0.25, 0.3) is 5.91 Å². The summed E-state index contributed by atoms with van der Waals surface area (Å²) in [5.41, 5.74) is 0.634. The summed E-state index contributed by atoms with van der Waals surface area (Å²) in [5, 5.41) is 6.22. The lowest BCUT2D eigenvalue weighted by atomic mass is 9.94. The Morgan fingerprint density at radius 1 is 1.15 bits per heavy atom. The molecule has 0 aliphatic heterocycles. The third kappa shape index (κ3) is 7.07. The van der Waals surface area contributed by atoms with Crippen LogP contribution in [0.1, 0.15) is 54.3 Å². The van der Waals surface area contributed by atoms with Gasteiger partial charge in [-0.2, -0.15) is 0 Å². The van der Waals surface area contributed by atoms with Crippen LogP contribution in [-0.4, -0.2) is 55.5 Å². The van der Waals surface area contributed by atoms with Gasteiger partial charge < -0.3 is 24.7 Å². The van der Waals surface area contributed by atoms with Crippen LogP contribution in [0.15, 0.2) is 47.1 Å². The van der Waals surface area contributed by atoms with Crippen molar-refractivity contribution in [2.75, 3.05) is 26.8 Å². The SMILES string of the molecule is COCCN(C(=O)CNC(=O)c1ccco1)C(C(=O)NC1CCCCC1)c1ccc(Cl)cc1. The van der Waals surface area contributed by atoms with Crippen molar-refractivity contribution < 1.29 is 23.5 Å². The lowest BCUT2D eigenvalue weighted by Crippen LogP contribution is -2.50. The summed E-state index contributed by atoms with van der Waals surface area (Å²) in [6.07, 6.45) is 6.53. The number of nitrogens with one attached hydrogen (secondary N) is 2. The molecular weight excluding hydrogens is 446 g/mol. The molecule has 33 heavy (non-hydrogen) atoms. The lowest BCUT2D eigenvalue weighted by Gasteiger charge is -2.33. The first-order chi connectivity index (χ1) is 16.0. The molecule has 178 valence electrons. The molecule has 0 bridgehead atoms. The smallest absolute Gasteiger partial charge is 0.287 e. The van der Waals surface area contributed by atoms with Crippen molar-refractivity contribution in [2.45, 2.75) is 44.2 Å². The van der Waals surface area contributed by atoms with Crippen molar-refractivity contribution in [2.24, 2.45) is 0 Å². The normalized spacial score (nSPS) is 15.0. The third-order valence-corrected chi connectivity index (χ3v) is 5.95. The second-order valence-electron chi connectivity index (χ2n) is 8.04. The monoisotopic (exact) mass is 475 g/mol. The number of nitrogens with zero attached hydrogens (tertiary/aromatic N) is 1. The van der Waals surface area contributed by atoms with Crippen LogP contribution in [0.3, 0.4) is 0 Å². The van der Waals surface area contributed by atoms with Crippen molar-refractivity contribution in [1.82, 2.24) is 15.5 Å². The lowest BCUT2D eigenvalue weighted by molar-refractivity contribution is -0.141. The zero-order valence-corrected chi connectivity index (χ0v) is 19.5. The summed E-state index contributed by atoms with van der Waals surface area (Å²) in [4.78, 5) is 40.3. The van der Waals surface area contributed by atoms with E-state index >= 15 is 0 Å². The Kier molecular flexibility index (Phi) is 9.33. The number of halogens is 1. The number of benzene rings is 1. The predicted octanol–water partition coefficient (Wildman–Crippen LogP) is 3.33. The second kappa shape index (κ2) is 12.4. The molecule has 1 unspecified atom stereocenters. The van der Waals surface area contributed by atoms with E-state index in [1.165, 1.54) is 30.8 Å². The maximum Gasteiger partial charge on any atom is 0.287 e. The summed E-state index contributed by atoms with van der Waals surface area (Å²) >= 11 is 6.05. The molecule has 0 saturated heterocycles. The minimum atomic E-state index is -0.882. The first-order valence-electron chi connectivity index (χ1n) is 11.2. The molecule has 0 radical (unpaired) electrons. The molecule has 3 rings (SSSR count). The highest BCUT2D eigenvalue weighted by atomic mass is 35.5. The maximum absolute atomic E-state index is 13.4. The Bertz CT molecular complexity index is 911. The zero-order chi connectivity index (χ0) is 23.6. The first-order valence-corrected chi connectivity index (χ1v) is 11.5. The van der Waals surface area contributed by atoms with Crippen molar-refractivity contribution in [3.63, 3.8) is 0 Å². The molecular formula is C24H30ClN3O5. The van der Waals surface area contributed by atoms with Crippen LogP contribution >= 0.6 is 11.6 Å². The molecule has 1 aliphatic carbocycles. The number of hydrogen-bond acceptors (Lipinski definition) is 5. The molecule has 1 atom stereocenters. The highest BCUT2D eigenvalue weighted by Gasteiger charge is 2.33. The number of furan rings is 1. The van der Waals surface area contributed by atoms with E-state index in [4.69, 9.17) is 20.8 Å². The van der Waals surface area contributed by atoms with E-state index in [1.54, 1.807) is 30.3 Å². The van der Waals surface area contributed by atoms with E-state index in [0.29, 0.717) is 10.6 Å². The van der Waals surface area contributed by atoms with Gasteiger partial charge in [-0.05, 0) is 42.7 Å². The fraction of sp³-hybridized carbons (Fsp3) is 0.458. The average molecular weight is 476 g/mol.